The third-order valence-electron chi connectivity index (χ3n) is 3.15. The molecule has 1 aromatic heterocycles. The number of aliphatic hydroxyl groups is 1. The number of hydrogen-bond donors (Lipinski definition) is 2. The van der Waals surface area contributed by atoms with Gasteiger partial charge in [0.1, 0.15) is 18.0 Å². The van der Waals surface area contributed by atoms with Crippen LogP contribution in [0.1, 0.15) is 18.2 Å². The number of imidazole rings is 1. The molecule has 0 aliphatic heterocycles. The van der Waals surface area contributed by atoms with Crippen molar-refractivity contribution in [1.82, 2.24) is 9.55 Å². The average molecular weight is 289 g/mol. The van der Waals surface area contributed by atoms with Crippen molar-refractivity contribution >= 4 is 11.7 Å². The van der Waals surface area contributed by atoms with Gasteiger partial charge in [0.25, 0.3) is 0 Å². The largest absolute Gasteiger partial charge is 0.480 e. The van der Waals surface area contributed by atoms with Gasteiger partial charge in [0, 0.05) is 0 Å². The highest BCUT2D eigenvalue weighted by Gasteiger charge is 2.30. The van der Waals surface area contributed by atoms with Crippen LogP contribution in [-0.4, -0.2) is 25.7 Å². The number of benzene rings is 1. The molecular formula is C14H12FN3O3. The van der Waals surface area contributed by atoms with Crippen LogP contribution in [0.2, 0.25) is 0 Å². The van der Waals surface area contributed by atoms with E-state index in [1.807, 2.05) is 0 Å². The molecule has 2 aromatic rings. The predicted molar refractivity (Wildman–Crippen MR) is 71.2 cm³/mol. The van der Waals surface area contributed by atoms with Crippen LogP contribution in [0.25, 0.3) is 4.85 Å². The number of rotatable bonds is 4. The maximum Gasteiger partial charge on any atom is 0.323 e. The third-order valence-corrected chi connectivity index (χ3v) is 3.15. The van der Waals surface area contributed by atoms with Gasteiger partial charge in [-0.05, 0) is 18.6 Å². The molecule has 1 unspecified atom stereocenters. The molecule has 1 aromatic carbocycles. The zero-order valence-electron chi connectivity index (χ0n) is 11.1. The third kappa shape index (κ3) is 2.75. The second-order valence-corrected chi connectivity index (χ2v) is 4.65. The van der Waals surface area contributed by atoms with Crippen molar-refractivity contribution < 1.29 is 19.4 Å². The molecule has 2 rings (SSSR count). The standard InChI is InChI=1S/C14H12FN3O3/c1-14(21,9-3-4-11(16-2)10(15)5-9)12-6-17-8-18(12)7-13(19)20/h3-6,8,21H,7H2,1H3,(H,19,20). The van der Waals surface area contributed by atoms with E-state index in [0.717, 1.165) is 6.07 Å². The SMILES string of the molecule is [C-]#[N+]c1ccc(C(C)(O)c2cncn2CC(=O)O)cc1F. The Morgan fingerprint density at radius 3 is 2.86 bits per heavy atom. The number of aliphatic carboxylic acids is 1. The molecular weight excluding hydrogens is 277 g/mol. The molecule has 0 aliphatic rings. The number of hydrogen-bond acceptors (Lipinski definition) is 3. The van der Waals surface area contributed by atoms with Crippen molar-refractivity contribution in [1.29, 1.82) is 0 Å². The van der Waals surface area contributed by atoms with E-state index >= 15 is 0 Å². The number of carboxylic acids is 1. The Morgan fingerprint density at radius 2 is 2.29 bits per heavy atom. The summed E-state index contributed by atoms with van der Waals surface area (Å²) < 4.78 is 15.0. The number of carboxylic acid groups (broad SMARTS) is 1. The van der Waals surface area contributed by atoms with Crippen LogP contribution in [-0.2, 0) is 16.9 Å². The van der Waals surface area contributed by atoms with E-state index in [-0.39, 0.29) is 23.5 Å². The molecule has 0 saturated heterocycles. The van der Waals surface area contributed by atoms with Crippen LogP contribution in [0, 0.1) is 12.4 Å². The number of aromatic nitrogens is 2. The number of nitrogens with zero attached hydrogens (tertiary/aromatic N) is 3. The van der Waals surface area contributed by atoms with E-state index in [0.29, 0.717) is 0 Å². The van der Waals surface area contributed by atoms with Gasteiger partial charge in [-0.25, -0.2) is 14.2 Å². The molecule has 7 heteroatoms. The Bertz CT molecular complexity index is 731. The molecule has 0 radical (unpaired) electrons. The fourth-order valence-electron chi connectivity index (χ4n) is 2.05. The van der Waals surface area contributed by atoms with Gasteiger partial charge in [-0.1, -0.05) is 12.1 Å². The Balaban J connectivity index is 2.47. The minimum Gasteiger partial charge on any atom is -0.480 e. The summed E-state index contributed by atoms with van der Waals surface area (Å²) in [5.74, 6) is -1.83. The summed E-state index contributed by atoms with van der Waals surface area (Å²) in [5, 5.41) is 19.5. The molecule has 0 aliphatic carbocycles. The van der Waals surface area contributed by atoms with Crippen LogP contribution in [0.3, 0.4) is 0 Å². The van der Waals surface area contributed by atoms with E-state index in [9.17, 15) is 14.3 Å². The first-order valence-electron chi connectivity index (χ1n) is 5.98. The quantitative estimate of drug-likeness (QED) is 0.843. The maximum atomic E-state index is 13.7. The summed E-state index contributed by atoms with van der Waals surface area (Å²) >= 11 is 0. The topological polar surface area (TPSA) is 79.7 Å². The van der Waals surface area contributed by atoms with Gasteiger partial charge < -0.3 is 14.8 Å². The van der Waals surface area contributed by atoms with E-state index in [1.165, 1.54) is 36.1 Å². The van der Waals surface area contributed by atoms with Crippen molar-refractivity contribution in [2.45, 2.75) is 19.1 Å². The van der Waals surface area contributed by atoms with Gasteiger partial charge in [0.15, 0.2) is 0 Å². The summed E-state index contributed by atoms with van der Waals surface area (Å²) in [6, 6.07) is 3.75. The van der Waals surface area contributed by atoms with Gasteiger partial charge in [0.2, 0.25) is 5.69 Å². The fourth-order valence-corrected chi connectivity index (χ4v) is 2.05. The lowest BCUT2D eigenvalue weighted by Gasteiger charge is -2.25. The zero-order valence-corrected chi connectivity index (χ0v) is 11.1. The van der Waals surface area contributed by atoms with Gasteiger partial charge in [-0.2, -0.15) is 0 Å². The molecule has 2 N–H and O–H groups in total. The van der Waals surface area contributed by atoms with Crippen molar-refractivity contribution in [2.24, 2.45) is 0 Å². The van der Waals surface area contributed by atoms with E-state index in [2.05, 4.69) is 9.83 Å². The first kappa shape index (κ1) is 14.7. The predicted octanol–water partition coefficient (Wildman–Crippen LogP) is 1.91. The summed E-state index contributed by atoms with van der Waals surface area (Å²) in [4.78, 5) is 17.6. The molecule has 0 bridgehead atoms. The Hall–Kier alpha value is -2.72. The van der Waals surface area contributed by atoms with Crippen LogP contribution in [0.5, 0.6) is 0 Å². The molecule has 0 fully saturated rings. The van der Waals surface area contributed by atoms with Crippen molar-refractivity contribution in [3.8, 4) is 0 Å². The second kappa shape index (κ2) is 5.34. The first-order chi connectivity index (χ1) is 9.86. The van der Waals surface area contributed by atoms with Crippen molar-refractivity contribution in [3.05, 3.63) is 59.2 Å². The molecule has 0 amide bonds. The smallest absolute Gasteiger partial charge is 0.323 e. The van der Waals surface area contributed by atoms with Crippen LogP contribution in [0.15, 0.2) is 30.7 Å². The lowest BCUT2D eigenvalue weighted by atomic mass is 9.92. The van der Waals surface area contributed by atoms with Crippen molar-refractivity contribution in [2.75, 3.05) is 0 Å². The monoisotopic (exact) mass is 289 g/mol. The fraction of sp³-hybridized carbons (Fsp3) is 0.214. The maximum absolute atomic E-state index is 13.7. The lowest BCUT2D eigenvalue weighted by Crippen LogP contribution is -2.27. The number of carbonyl (C=O) groups is 1. The molecule has 21 heavy (non-hydrogen) atoms. The van der Waals surface area contributed by atoms with Crippen LogP contribution < -0.4 is 0 Å². The summed E-state index contributed by atoms with van der Waals surface area (Å²) in [6.07, 6.45) is 2.60. The van der Waals surface area contributed by atoms with Crippen LogP contribution in [0.4, 0.5) is 10.1 Å². The van der Waals surface area contributed by atoms with E-state index < -0.39 is 17.4 Å². The zero-order chi connectivity index (χ0) is 15.6. The average Bonchev–Trinajstić information content (AvgIpc) is 2.86. The van der Waals surface area contributed by atoms with Gasteiger partial charge in [0.05, 0.1) is 24.8 Å². The molecule has 108 valence electrons. The van der Waals surface area contributed by atoms with Crippen LogP contribution >= 0.6 is 0 Å². The summed E-state index contributed by atoms with van der Waals surface area (Å²) in [7, 11) is 0. The minimum atomic E-state index is -1.63. The Kier molecular flexibility index (Phi) is 3.74. The van der Waals surface area contributed by atoms with Crippen molar-refractivity contribution in [3.63, 3.8) is 0 Å². The number of halogens is 1. The highest BCUT2D eigenvalue weighted by atomic mass is 19.1. The van der Waals surface area contributed by atoms with Gasteiger partial charge in [-0.15, -0.1) is 0 Å². The first-order valence-corrected chi connectivity index (χ1v) is 5.98. The summed E-state index contributed by atoms with van der Waals surface area (Å²) in [5.41, 5.74) is -1.35. The van der Waals surface area contributed by atoms with Gasteiger partial charge >= 0.3 is 5.97 Å². The Morgan fingerprint density at radius 1 is 1.57 bits per heavy atom. The summed E-state index contributed by atoms with van der Waals surface area (Å²) in [6.45, 7) is 7.85. The molecule has 0 saturated carbocycles. The highest BCUT2D eigenvalue weighted by Crippen LogP contribution is 2.31. The minimum absolute atomic E-state index is 0.145. The van der Waals surface area contributed by atoms with E-state index in [1.54, 1.807) is 0 Å². The normalized spacial score (nSPS) is 13.4. The molecule has 1 heterocycles. The van der Waals surface area contributed by atoms with E-state index in [4.69, 9.17) is 11.7 Å². The lowest BCUT2D eigenvalue weighted by molar-refractivity contribution is -0.137. The molecule has 0 spiro atoms. The molecule has 1 atom stereocenters. The second-order valence-electron chi connectivity index (χ2n) is 4.65. The molecule has 6 nitrogen and oxygen atoms in total. The Labute approximate surface area is 119 Å². The van der Waals surface area contributed by atoms with Gasteiger partial charge in [-0.3, -0.25) is 4.79 Å². The highest BCUT2D eigenvalue weighted by molar-refractivity contribution is 5.66.